The summed E-state index contributed by atoms with van der Waals surface area (Å²) in [6, 6.07) is 39.4. The van der Waals surface area contributed by atoms with Crippen LogP contribution in [0.4, 0.5) is 4.39 Å². The fourth-order valence-corrected chi connectivity index (χ4v) is 7.40. The van der Waals surface area contributed by atoms with Crippen molar-refractivity contribution in [2.45, 2.75) is 69.8 Å². The Morgan fingerprint density at radius 1 is 0.727 bits per heavy atom. The van der Waals surface area contributed by atoms with Crippen LogP contribution in [-0.4, -0.2) is 49.7 Å². The standard InChI is InChI=1S/C45H44ClFO8/c1-3-49-39-23-20-34(25-38(39)47)24-35-26-36(21-22-37(35)46)45-42(53-29-33-18-12-7-13-19-33)40(51-27-31-14-8-5-9-15-31)41(52-28-32-16-10-6-11-17-32)44(55-45,30-54-45)43(48)50-4-2/h5-23,25-26,40-42H,3-4,24,27-30H2,1-2H3/t40-,41-,42+,44-,45-/m0/s1. The van der Waals surface area contributed by atoms with Gasteiger partial charge in [-0.25, -0.2) is 9.18 Å². The van der Waals surface area contributed by atoms with E-state index in [1.807, 2.05) is 97.1 Å². The van der Waals surface area contributed by atoms with E-state index >= 15 is 0 Å². The minimum atomic E-state index is -1.74. The van der Waals surface area contributed by atoms with Crippen LogP contribution in [0.1, 0.15) is 47.2 Å². The second-order valence-electron chi connectivity index (χ2n) is 13.5. The van der Waals surface area contributed by atoms with Crippen LogP contribution >= 0.6 is 11.6 Å². The van der Waals surface area contributed by atoms with Crippen molar-refractivity contribution < 1.29 is 42.3 Å². The van der Waals surface area contributed by atoms with Crippen molar-refractivity contribution in [1.82, 2.24) is 0 Å². The van der Waals surface area contributed by atoms with E-state index in [0.717, 1.165) is 16.7 Å². The van der Waals surface area contributed by atoms with Gasteiger partial charge in [0.25, 0.3) is 0 Å². The van der Waals surface area contributed by atoms with Gasteiger partial charge in [-0.2, -0.15) is 0 Å². The van der Waals surface area contributed by atoms with Gasteiger partial charge >= 0.3 is 5.97 Å². The molecule has 0 radical (unpaired) electrons. The summed E-state index contributed by atoms with van der Waals surface area (Å²) in [4.78, 5) is 14.3. The number of hydrogen-bond donors (Lipinski definition) is 0. The van der Waals surface area contributed by atoms with Gasteiger partial charge < -0.3 is 33.2 Å². The molecule has 0 aliphatic carbocycles. The molecule has 286 valence electrons. The average molecular weight is 767 g/mol. The Kier molecular flexibility index (Phi) is 12.3. The van der Waals surface area contributed by atoms with Crippen LogP contribution in [0.2, 0.25) is 5.02 Å². The maximum atomic E-state index is 15.0. The third-order valence-corrected chi connectivity index (χ3v) is 10.2. The quantitative estimate of drug-likeness (QED) is 0.0923. The molecule has 55 heavy (non-hydrogen) atoms. The molecule has 2 saturated heterocycles. The average Bonchev–Trinajstić information content (AvgIpc) is 3.58. The number of benzene rings is 5. The van der Waals surface area contributed by atoms with Gasteiger partial charge in [0.15, 0.2) is 11.6 Å². The van der Waals surface area contributed by atoms with E-state index in [2.05, 4.69) is 0 Å². The Balaban J connectivity index is 1.33. The highest BCUT2D eigenvalue weighted by Gasteiger charge is 2.73. The van der Waals surface area contributed by atoms with Gasteiger partial charge in [0.1, 0.15) is 18.3 Å². The maximum Gasteiger partial charge on any atom is 0.343 e. The Bertz CT molecular complexity index is 2030. The van der Waals surface area contributed by atoms with Gasteiger partial charge in [-0.1, -0.05) is 115 Å². The zero-order valence-corrected chi connectivity index (χ0v) is 31.6. The third-order valence-electron chi connectivity index (χ3n) is 9.86. The molecule has 2 aliphatic heterocycles. The highest BCUT2D eigenvalue weighted by molar-refractivity contribution is 6.31. The molecule has 2 heterocycles. The molecule has 7 rings (SSSR count). The molecule has 2 fully saturated rings. The molecule has 2 bridgehead atoms. The number of hydrogen-bond acceptors (Lipinski definition) is 8. The van der Waals surface area contributed by atoms with Gasteiger partial charge in [0.05, 0.1) is 39.6 Å². The Morgan fingerprint density at radius 3 is 1.91 bits per heavy atom. The van der Waals surface area contributed by atoms with Crippen molar-refractivity contribution in [3.8, 4) is 5.75 Å². The lowest BCUT2D eigenvalue weighted by Crippen LogP contribution is -2.69. The summed E-state index contributed by atoms with van der Waals surface area (Å²) < 4.78 is 60.3. The highest BCUT2D eigenvalue weighted by Crippen LogP contribution is 2.53. The molecule has 0 spiro atoms. The minimum absolute atomic E-state index is 0.107. The largest absolute Gasteiger partial charge is 0.491 e. The predicted octanol–water partition coefficient (Wildman–Crippen LogP) is 8.74. The van der Waals surface area contributed by atoms with Gasteiger partial charge in [0, 0.05) is 10.6 Å². The summed E-state index contributed by atoms with van der Waals surface area (Å²) in [5.74, 6) is -2.60. The zero-order valence-electron chi connectivity index (χ0n) is 30.8. The molecule has 2 aliphatic rings. The van der Waals surface area contributed by atoms with E-state index in [1.165, 1.54) is 6.07 Å². The molecule has 10 heteroatoms. The molecule has 0 aromatic heterocycles. The lowest BCUT2D eigenvalue weighted by molar-refractivity contribution is -0.346. The topological polar surface area (TPSA) is 81.7 Å². The van der Waals surface area contributed by atoms with E-state index in [-0.39, 0.29) is 38.8 Å². The van der Waals surface area contributed by atoms with Gasteiger partial charge in [-0.05, 0) is 72.4 Å². The van der Waals surface area contributed by atoms with E-state index in [4.69, 9.17) is 44.8 Å². The smallest absolute Gasteiger partial charge is 0.343 e. The lowest BCUT2D eigenvalue weighted by atomic mass is 9.82. The molecule has 0 amide bonds. The lowest BCUT2D eigenvalue weighted by Gasteiger charge is -2.50. The summed E-state index contributed by atoms with van der Waals surface area (Å²) >= 11 is 6.82. The Labute approximate surface area is 326 Å². The van der Waals surface area contributed by atoms with Crippen LogP contribution in [0.25, 0.3) is 0 Å². The van der Waals surface area contributed by atoms with E-state index in [1.54, 1.807) is 38.1 Å². The fourth-order valence-electron chi connectivity index (χ4n) is 7.21. The van der Waals surface area contributed by atoms with E-state index in [0.29, 0.717) is 34.7 Å². The van der Waals surface area contributed by atoms with Crippen molar-refractivity contribution in [2.75, 3.05) is 19.8 Å². The number of carbonyl (C=O) groups excluding carboxylic acids is 1. The van der Waals surface area contributed by atoms with E-state index < -0.39 is 41.5 Å². The van der Waals surface area contributed by atoms with Crippen LogP contribution < -0.4 is 4.74 Å². The number of esters is 1. The van der Waals surface area contributed by atoms with Crippen LogP contribution in [-0.2, 0) is 65.2 Å². The van der Waals surface area contributed by atoms with E-state index in [9.17, 15) is 9.18 Å². The SMILES string of the molecule is CCOC(=O)[C@@]12CO[C@@](c3ccc(Cl)c(Cc4ccc(OCC)c(F)c4)c3)(O1)[C@H](OCc1ccccc1)[C@@H](OCc1ccccc1)[C@@H]2OCc1ccccc1. The second-order valence-corrected chi connectivity index (χ2v) is 14.0. The van der Waals surface area contributed by atoms with Gasteiger partial charge in [-0.3, -0.25) is 0 Å². The number of rotatable bonds is 16. The van der Waals surface area contributed by atoms with Crippen molar-refractivity contribution in [3.05, 3.63) is 172 Å². The molecule has 0 N–H and O–H groups in total. The summed E-state index contributed by atoms with van der Waals surface area (Å²) in [5, 5.41) is 0.461. The van der Waals surface area contributed by atoms with Crippen molar-refractivity contribution in [1.29, 1.82) is 0 Å². The third kappa shape index (κ3) is 8.33. The molecule has 5 aromatic carbocycles. The van der Waals surface area contributed by atoms with Crippen LogP contribution in [0, 0.1) is 5.82 Å². The predicted molar refractivity (Wildman–Crippen MR) is 205 cm³/mol. The van der Waals surface area contributed by atoms with Crippen LogP contribution in [0.5, 0.6) is 5.75 Å². The summed E-state index contributed by atoms with van der Waals surface area (Å²) in [7, 11) is 0. The molecule has 5 atom stereocenters. The monoisotopic (exact) mass is 766 g/mol. The first-order chi connectivity index (χ1) is 26.8. The molecule has 8 nitrogen and oxygen atoms in total. The second kappa shape index (κ2) is 17.5. The van der Waals surface area contributed by atoms with Crippen molar-refractivity contribution >= 4 is 17.6 Å². The summed E-state index contributed by atoms with van der Waals surface area (Å²) in [6.45, 7) is 4.31. The normalized spacial score (nSPS) is 23.0. The Hall–Kier alpha value is -4.61. The van der Waals surface area contributed by atoms with Gasteiger partial charge in [0.2, 0.25) is 11.4 Å². The first-order valence-corrected chi connectivity index (χ1v) is 18.9. The molecular formula is C45H44ClFO8. The molecule has 0 saturated carbocycles. The molecule has 5 aromatic rings. The first kappa shape index (κ1) is 38.7. The van der Waals surface area contributed by atoms with Crippen molar-refractivity contribution in [3.63, 3.8) is 0 Å². The first-order valence-electron chi connectivity index (χ1n) is 18.5. The minimum Gasteiger partial charge on any atom is -0.491 e. The number of ether oxygens (including phenoxy) is 7. The van der Waals surface area contributed by atoms with Crippen molar-refractivity contribution in [2.24, 2.45) is 0 Å². The maximum absolute atomic E-state index is 15.0. The highest BCUT2D eigenvalue weighted by atomic mass is 35.5. The fraction of sp³-hybridized carbons (Fsp3) is 0.311. The zero-order chi connectivity index (χ0) is 38.3. The van der Waals surface area contributed by atoms with Gasteiger partial charge in [-0.15, -0.1) is 0 Å². The molecule has 0 unspecified atom stereocenters. The number of halogens is 2. The van der Waals surface area contributed by atoms with Crippen LogP contribution in [0.15, 0.2) is 127 Å². The molecular weight excluding hydrogens is 723 g/mol. The summed E-state index contributed by atoms with van der Waals surface area (Å²) in [6.07, 6.45) is -2.61. The number of fused-ring (bicyclic) bond motifs is 2. The number of carbonyl (C=O) groups is 1. The Morgan fingerprint density at radius 2 is 1.33 bits per heavy atom. The summed E-state index contributed by atoms with van der Waals surface area (Å²) in [5.41, 5.74) is 2.90. The van der Waals surface area contributed by atoms with Crippen LogP contribution in [0.3, 0.4) is 0 Å².